The molecule has 0 N–H and O–H groups in total. The summed E-state index contributed by atoms with van der Waals surface area (Å²) in [4.78, 5) is 13.5. The number of rotatable bonds is 3. The van der Waals surface area contributed by atoms with Crippen LogP contribution in [0.25, 0.3) is 11.3 Å². The van der Waals surface area contributed by atoms with Crippen molar-refractivity contribution < 1.29 is 22.9 Å². The quantitative estimate of drug-likeness (QED) is 0.752. The Bertz CT molecular complexity index is 912. The minimum absolute atomic E-state index is 0.133. The zero-order chi connectivity index (χ0) is 19.2. The van der Waals surface area contributed by atoms with Crippen molar-refractivity contribution >= 4 is 28.3 Å². The summed E-state index contributed by atoms with van der Waals surface area (Å²) in [5, 5.41) is 0. The Labute approximate surface area is 153 Å². The first kappa shape index (κ1) is 18.6. The fourth-order valence-corrected chi connectivity index (χ4v) is 3.81. The van der Waals surface area contributed by atoms with Gasteiger partial charge in [0.2, 0.25) is 5.78 Å². The Morgan fingerprint density at radius 3 is 2.19 bits per heavy atom. The molecule has 0 aromatic heterocycles. The monoisotopic (exact) mass is 376 g/mol. The van der Waals surface area contributed by atoms with E-state index < -0.39 is 28.4 Å². The molecule has 0 amide bonds. The normalized spacial score (nSPS) is 17.4. The van der Waals surface area contributed by atoms with Crippen LogP contribution in [0.5, 0.6) is 0 Å². The third-order valence-corrected chi connectivity index (χ3v) is 5.33. The van der Waals surface area contributed by atoms with Crippen LogP contribution in [0.4, 0.5) is 8.78 Å². The molecule has 0 spiro atoms. The van der Waals surface area contributed by atoms with E-state index >= 15 is 0 Å². The SMILES string of the molecule is Cc1cc(C2=C(c3cc(F)cc(F)c3)C(=O)C(C)(C)O2)ccc1[S+](C)[O-]. The summed E-state index contributed by atoms with van der Waals surface area (Å²) in [6.45, 7) is 5.03. The summed E-state index contributed by atoms with van der Waals surface area (Å²) in [6, 6.07) is 8.15. The van der Waals surface area contributed by atoms with Crippen LogP contribution >= 0.6 is 0 Å². The largest absolute Gasteiger partial charge is 0.612 e. The van der Waals surface area contributed by atoms with Gasteiger partial charge in [-0.25, -0.2) is 8.78 Å². The predicted molar refractivity (Wildman–Crippen MR) is 96.9 cm³/mol. The van der Waals surface area contributed by atoms with E-state index in [2.05, 4.69) is 0 Å². The van der Waals surface area contributed by atoms with Gasteiger partial charge in [0, 0.05) is 17.2 Å². The maximum absolute atomic E-state index is 13.7. The minimum Gasteiger partial charge on any atom is -0.612 e. The summed E-state index contributed by atoms with van der Waals surface area (Å²) in [5.74, 6) is -1.62. The molecule has 136 valence electrons. The van der Waals surface area contributed by atoms with Crippen molar-refractivity contribution in [1.29, 1.82) is 0 Å². The van der Waals surface area contributed by atoms with Gasteiger partial charge < -0.3 is 9.29 Å². The van der Waals surface area contributed by atoms with Gasteiger partial charge in [-0.1, -0.05) is 0 Å². The van der Waals surface area contributed by atoms with Crippen LogP contribution < -0.4 is 0 Å². The van der Waals surface area contributed by atoms with Crippen LogP contribution in [0.3, 0.4) is 0 Å². The summed E-state index contributed by atoms with van der Waals surface area (Å²) >= 11 is -1.15. The topological polar surface area (TPSA) is 49.4 Å². The third-order valence-electron chi connectivity index (χ3n) is 4.26. The molecule has 1 atom stereocenters. The number of aryl methyl sites for hydroxylation is 1. The number of ether oxygens (including phenoxy) is 1. The van der Waals surface area contributed by atoms with Crippen molar-refractivity contribution in [2.45, 2.75) is 31.3 Å². The van der Waals surface area contributed by atoms with E-state index in [1.165, 1.54) is 0 Å². The lowest BCUT2D eigenvalue weighted by Gasteiger charge is -2.18. The smallest absolute Gasteiger partial charge is 0.210 e. The van der Waals surface area contributed by atoms with Gasteiger partial charge in [-0.2, -0.15) is 0 Å². The van der Waals surface area contributed by atoms with Crippen molar-refractivity contribution in [2.24, 2.45) is 0 Å². The highest BCUT2D eigenvalue weighted by molar-refractivity contribution is 7.90. The molecule has 3 rings (SSSR count). The molecule has 0 radical (unpaired) electrons. The number of carbonyl (C=O) groups is 1. The summed E-state index contributed by atoms with van der Waals surface area (Å²) in [7, 11) is 0. The van der Waals surface area contributed by atoms with Crippen molar-refractivity contribution in [3.05, 3.63) is 64.7 Å². The average molecular weight is 376 g/mol. The second-order valence-corrected chi connectivity index (χ2v) is 8.09. The van der Waals surface area contributed by atoms with Gasteiger partial charge >= 0.3 is 0 Å². The van der Waals surface area contributed by atoms with Crippen molar-refractivity contribution in [2.75, 3.05) is 6.26 Å². The maximum atomic E-state index is 13.7. The van der Waals surface area contributed by atoms with Crippen molar-refractivity contribution in [1.82, 2.24) is 0 Å². The Morgan fingerprint density at radius 1 is 1.04 bits per heavy atom. The highest BCUT2D eigenvalue weighted by atomic mass is 32.2. The van der Waals surface area contributed by atoms with Crippen LogP contribution in [-0.2, 0) is 20.7 Å². The van der Waals surface area contributed by atoms with E-state index in [4.69, 9.17) is 4.74 Å². The number of hydrogen-bond acceptors (Lipinski definition) is 3. The number of Topliss-reactive ketones (excluding diaryl/α,β-unsaturated/α-hetero) is 1. The van der Waals surface area contributed by atoms with Crippen LogP contribution in [-0.4, -0.2) is 22.2 Å². The summed E-state index contributed by atoms with van der Waals surface area (Å²) in [6.07, 6.45) is 1.58. The zero-order valence-electron chi connectivity index (χ0n) is 14.9. The highest BCUT2D eigenvalue weighted by Crippen LogP contribution is 2.42. The first-order valence-corrected chi connectivity index (χ1v) is 9.55. The highest BCUT2D eigenvalue weighted by Gasteiger charge is 2.43. The average Bonchev–Trinajstić information content (AvgIpc) is 2.76. The molecule has 3 nitrogen and oxygen atoms in total. The molecule has 1 aliphatic rings. The second kappa shape index (κ2) is 6.52. The molecule has 1 aliphatic heterocycles. The summed E-state index contributed by atoms with van der Waals surface area (Å²) < 4.78 is 45.0. The van der Waals surface area contributed by atoms with E-state index in [0.29, 0.717) is 10.5 Å². The van der Waals surface area contributed by atoms with E-state index in [1.54, 1.807) is 38.3 Å². The van der Waals surface area contributed by atoms with Crippen molar-refractivity contribution in [3.8, 4) is 0 Å². The van der Waals surface area contributed by atoms with E-state index in [-0.39, 0.29) is 22.7 Å². The van der Waals surface area contributed by atoms with Crippen LogP contribution in [0.15, 0.2) is 41.3 Å². The van der Waals surface area contributed by atoms with Gasteiger partial charge in [0.25, 0.3) is 0 Å². The Morgan fingerprint density at radius 2 is 1.65 bits per heavy atom. The van der Waals surface area contributed by atoms with Gasteiger partial charge in [0.05, 0.1) is 5.57 Å². The number of carbonyl (C=O) groups excluding carboxylic acids is 1. The molecule has 0 saturated heterocycles. The van der Waals surface area contributed by atoms with Gasteiger partial charge in [-0.3, -0.25) is 4.79 Å². The van der Waals surface area contributed by atoms with E-state index in [9.17, 15) is 18.1 Å². The lowest BCUT2D eigenvalue weighted by Crippen LogP contribution is -2.29. The first-order valence-electron chi connectivity index (χ1n) is 7.99. The van der Waals surface area contributed by atoms with Crippen LogP contribution in [0.1, 0.15) is 30.5 Å². The Balaban J connectivity index is 2.22. The Kier molecular flexibility index (Phi) is 4.67. The second-order valence-electron chi connectivity index (χ2n) is 6.74. The molecular formula is C20H18F2O3S. The molecule has 2 aromatic carbocycles. The van der Waals surface area contributed by atoms with Gasteiger partial charge in [0.1, 0.15) is 23.6 Å². The molecule has 1 heterocycles. The molecule has 0 fully saturated rings. The minimum atomic E-state index is -1.15. The molecule has 26 heavy (non-hydrogen) atoms. The van der Waals surface area contributed by atoms with Crippen LogP contribution in [0.2, 0.25) is 0 Å². The third kappa shape index (κ3) is 3.27. The Hall–Kier alpha value is -2.18. The standard InChI is InChI=1S/C20H18F2O3S/c1-11-7-12(5-6-16(11)26(4)24)18-17(19(23)20(2,3)25-18)13-8-14(21)10-15(22)9-13/h5-10H,1-4H3. The molecule has 0 aliphatic carbocycles. The molecule has 1 unspecified atom stereocenters. The number of hydrogen-bond donors (Lipinski definition) is 0. The van der Waals surface area contributed by atoms with Gasteiger partial charge in [-0.05, 0) is 67.8 Å². The molecule has 0 bridgehead atoms. The first-order chi connectivity index (χ1) is 12.1. The van der Waals surface area contributed by atoms with E-state index in [0.717, 1.165) is 23.8 Å². The zero-order valence-corrected chi connectivity index (χ0v) is 15.7. The predicted octanol–water partition coefficient (Wildman–Crippen LogP) is 4.26. The molecule has 0 saturated carbocycles. The summed E-state index contributed by atoms with van der Waals surface area (Å²) in [5.41, 5.74) is 0.497. The van der Waals surface area contributed by atoms with Crippen LogP contribution in [0, 0.1) is 18.6 Å². The fraction of sp³-hybridized carbons (Fsp3) is 0.250. The van der Waals surface area contributed by atoms with E-state index in [1.807, 2.05) is 6.92 Å². The van der Waals surface area contributed by atoms with Crippen molar-refractivity contribution in [3.63, 3.8) is 0 Å². The van der Waals surface area contributed by atoms with Gasteiger partial charge in [-0.15, -0.1) is 0 Å². The number of ketones is 1. The lowest BCUT2D eigenvalue weighted by molar-refractivity contribution is -0.125. The maximum Gasteiger partial charge on any atom is 0.210 e. The number of benzene rings is 2. The molecule has 6 heteroatoms. The molecular weight excluding hydrogens is 358 g/mol. The molecule has 2 aromatic rings. The lowest BCUT2D eigenvalue weighted by atomic mass is 9.92. The van der Waals surface area contributed by atoms with Gasteiger partial charge in [0.15, 0.2) is 10.5 Å². The number of halogens is 2. The fourth-order valence-electron chi connectivity index (χ4n) is 3.03.